The quantitative estimate of drug-likeness (QED) is 0.289. The van der Waals surface area contributed by atoms with E-state index >= 15 is 0 Å². The van der Waals surface area contributed by atoms with Crippen molar-refractivity contribution < 1.29 is 15.6 Å². The SMILES string of the molecule is CCOC(OCC)c1ccc(C(Cc2ccc(OCc3ccccc3)cc2)C2=C[CH]2)cc1.[HH]. The largest absolute Gasteiger partial charge is 0.489 e. The van der Waals surface area contributed by atoms with E-state index in [9.17, 15) is 0 Å². The van der Waals surface area contributed by atoms with Crippen LogP contribution in [0, 0.1) is 6.42 Å². The Bertz CT molecular complexity index is 991. The molecule has 0 N–H and O–H groups in total. The molecule has 32 heavy (non-hydrogen) atoms. The number of hydrogen-bond acceptors (Lipinski definition) is 3. The second kappa shape index (κ2) is 11.1. The molecule has 0 saturated heterocycles. The minimum atomic E-state index is -0.298. The smallest absolute Gasteiger partial charge is 0.183 e. The van der Waals surface area contributed by atoms with Crippen LogP contribution in [-0.2, 0) is 22.5 Å². The highest BCUT2D eigenvalue weighted by Crippen LogP contribution is 2.38. The summed E-state index contributed by atoms with van der Waals surface area (Å²) in [6.07, 6.45) is 5.08. The van der Waals surface area contributed by atoms with Crippen molar-refractivity contribution in [1.29, 1.82) is 0 Å². The molecule has 3 aromatic rings. The third-order valence-corrected chi connectivity index (χ3v) is 5.62. The maximum absolute atomic E-state index is 5.93. The minimum Gasteiger partial charge on any atom is -0.489 e. The fraction of sp³-hybridized carbons (Fsp3) is 0.276. The monoisotopic (exact) mass is 429 g/mol. The van der Waals surface area contributed by atoms with Gasteiger partial charge in [0.05, 0.1) is 0 Å². The Morgan fingerprint density at radius 2 is 1.34 bits per heavy atom. The van der Waals surface area contributed by atoms with Gasteiger partial charge in [-0.05, 0) is 49.1 Å². The number of benzene rings is 3. The molecule has 1 atom stereocenters. The maximum Gasteiger partial charge on any atom is 0.183 e. The van der Waals surface area contributed by atoms with E-state index in [1.807, 2.05) is 32.0 Å². The van der Waals surface area contributed by atoms with Crippen molar-refractivity contribution in [3.63, 3.8) is 0 Å². The van der Waals surface area contributed by atoms with E-state index in [-0.39, 0.29) is 7.72 Å². The Balaban J connectivity index is 0.00000306. The molecule has 0 bridgehead atoms. The zero-order chi connectivity index (χ0) is 22.2. The highest BCUT2D eigenvalue weighted by Gasteiger charge is 2.23. The molecule has 1 radical (unpaired) electrons. The lowest BCUT2D eigenvalue weighted by Gasteiger charge is -2.19. The molecule has 1 unspecified atom stereocenters. The van der Waals surface area contributed by atoms with Crippen LogP contribution in [0.1, 0.15) is 49.7 Å². The standard InChI is InChI=1S/C29H31O3.H2/c1-3-30-29(31-4-2)26-16-14-25(15-17-26)28(24-12-13-24)20-22-10-18-27(19-11-22)32-21-23-8-6-5-7-9-23;/h5-19,28-29H,3-4,20-21H2,1-2H3;1H. The number of rotatable bonds is 12. The normalized spacial score (nSPS) is 13.7. The van der Waals surface area contributed by atoms with Gasteiger partial charge in [-0.25, -0.2) is 0 Å². The van der Waals surface area contributed by atoms with Crippen LogP contribution in [0.5, 0.6) is 5.75 Å². The first-order valence-corrected chi connectivity index (χ1v) is 11.4. The lowest BCUT2D eigenvalue weighted by Crippen LogP contribution is -2.09. The van der Waals surface area contributed by atoms with E-state index in [0.29, 0.717) is 25.7 Å². The second-order valence-corrected chi connectivity index (χ2v) is 7.92. The first-order chi connectivity index (χ1) is 15.8. The van der Waals surface area contributed by atoms with Gasteiger partial charge in [-0.2, -0.15) is 0 Å². The van der Waals surface area contributed by atoms with Crippen LogP contribution < -0.4 is 4.74 Å². The summed E-state index contributed by atoms with van der Waals surface area (Å²) in [6.45, 7) is 5.82. The van der Waals surface area contributed by atoms with Crippen molar-refractivity contribution >= 4 is 0 Å². The Morgan fingerprint density at radius 3 is 1.94 bits per heavy atom. The molecule has 0 spiro atoms. The number of hydrogen-bond donors (Lipinski definition) is 0. The average Bonchev–Trinajstić information content (AvgIpc) is 3.68. The molecule has 1 aliphatic carbocycles. The van der Waals surface area contributed by atoms with Gasteiger partial charge in [-0.1, -0.05) is 78.4 Å². The molecule has 1 aliphatic rings. The zero-order valence-corrected chi connectivity index (χ0v) is 18.9. The molecular formula is C29H33O3. The van der Waals surface area contributed by atoms with Crippen LogP contribution in [0.3, 0.4) is 0 Å². The van der Waals surface area contributed by atoms with Gasteiger partial charge in [-0.15, -0.1) is 0 Å². The highest BCUT2D eigenvalue weighted by molar-refractivity contribution is 5.49. The first kappa shape index (κ1) is 22.3. The molecule has 0 saturated carbocycles. The van der Waals surface area contributed by atoms with Gasteiger partial charge in [0.25, 0.3) is 0 Å². The molecular weight excluding hydrogens is 396 g/mol. The predicted octanol–water partition coefficient (Wildman–Crippen LogP) is 7.05. The van der Waals surface area contributed by atoms with Gasteiger partial charge in [0.2, 0.25) is 0 Å². The summed E-state index contributed by atoms with van der Waals surface area (Å²) in [6, 6.07) is 27.4. The number of ether oxygens (including phenoxy) is 3. The van der Waals surface area contributed by atoms with E-state index in [1.165, 1.54) is 22.3 Å². The summed E-state index contributed by atoms with van der Waals surface area (Å²) >= 11 is 0. The molecule has 0 heterocycles. The van der Waals surface area contributed by atoms with Crippen LogP contribution >= 0.6 is 0 Å². The molecule has 3 nitrogen and oxygen atoms in total. The molecule has 0 amide bonds. The van der Waals surface area contributed by atoms with Gasteiger partial charge in [0.15, 0.2) is 6.29 Å². The van der Waals surface area contributed by atoms with E-state index in [2.05, 4.69) is 73.2 Å². The first-order valence-electron chi connectivity index (χ1n) is 11.4. The van der Waals surface area contributed by atoms with Crippen molar-refractivity contribution in [1.82, 2.24) is 0 Å². The van der Waals surface area contributed by atoms with Crippen molar-refractivity contribution in [2.45, 2.75) is 39.1 Å². The Kier molecular flexibility index (Phi) is 7.76. The zero-order valence-electron chi connectivity index (χ0n) is 18.9. The summed E-state index contributed by atoms with van der Waals surface area (Å²) in [5.41, 5.74) is 6.24. The van der Waals surface area contributed by atoms with Crippen LogP contribution in [0.2, 0.25) is 0 Å². The van der Waals surface area contributed by atoms with Gasteiger partial charge >= 0.3 is 0 Å². The fourth-order valence-electron chi connectivity index (χ4n) is 3.84. The van der Waals surface area contributed by atoms with E-state index in [1.54, 1.807) is 0 Å². The summed E-state index contributed by atoms with van der Waals surface area (Å²) in [4.78, 5) is 0. The van der Waals surface area contributed by atoms with Crippen molar-refractivity contribution in [3.8, 4) is 5.75 Å². The fourth-order valence-corrected chi connectivity index (χ4v) is 3.84. The summed E-state index contributed by atoms with van der Waals surface area (Å²) in [7, 11) is 0. The predicted molar refractivity (Wildman–Crippen MR) is 131 cm³/mol. The lowest BCUT2D eigenvalue weighted by atomic mass is 9.89. The van der Waals surface area contributed by atoms with Gasteiger partial charge in [-0.3, -0.25) is 0 Å². The van der Waals surface area contributed by atoms with Gasteiger partial charge in [0.1, 0.15) is 12.4 Å². The second-order valence-electron chi connectivity index (χ2n) is 7.92. The third kappa shape index (κ3) is 6.09. The maximum atomic E-state index is 5.93. The molecule has 0 aromatic heterocycles. The molecule has 3 heteroatoms. The lowest BCUT2D eigenvalue weighted by molar-refractivity contribution is -0.140. The van der Waals surface area contributed by atoms with Crippen molar-refractivity contribution in [2.24, 2.45) is 0 Å². The van der Waals surface area contributed by atoms with Crippen LogP contribution in [0.15, 0.2) is 90.5 Å². The van der Waals surface area contributed by atoms with Crippen LogP contribution in [0.4, 0.5) is 0 Å². The van der Waals surface area contributed by atoms with E-state index < -0.39 is 0 Å². The Morgan fingerprint density at radius 1 is 0.719 bits per heavy atom. The summed E-state index contributed by atoms with van der Waals surface area (Å²) < 4.78 is 17.4. The summed E-state index contributed by atoms with van der Waals surface area (Å²) in [5, 5.41) is 0. The Hall–Kier alpha value is -2.88. The highest BCUT2D eigenvalue weighted by atomic mass is 16.7. The van der Waals surface area contributed by atoms with Crippen LogP contribution in [0.25, 0.3) is 0 Å². The number of allylic oxidation sites excluding steroid dienone is 2. The van der Waals surface area contributed by atoms with Gasteiger partial charge in [0, 0.05) is 32.5 Å². The van der Waals surface area contributed by atoms with E-state index in [0.717, 1.165) is 17.7 Å². The van der Waals surface area contributed by atoms with Crippen molar-refractivity contribution in [3.05, 3.63) is 119 Å². The Labute approximate surface area is 193 Å². The molecule has 167 valence electrons. The van der Waals surface area contributed by atoms with Crippen LogP contribution in [-0.4, -0.2) is 13.2 Å². The van der Waals surface area contributed by atoms with Crippen molar-refractivity contribution in [2.75, 3.05) is 13.2 Å². The molecule has 0 fully saturated rings. The van der Waals surface area contributed by atoms with Gasteiger partial charge < -0.3 is 14.2 Å². The molecule has 4 rings (SSSR count). The molecule has 3 aromatic carbocycles. The van der Waals surface area contributed by atoms with E-state index in [4.69, 9.17) is 14.2 Å². The average molecular weight is 430 g/mol. The molecule has 0 aliphatic heterocycles. The minimum absolute atomic E-state index is 0. The topological polar surface area (TPSA) is 27.7 Å². The summed E-state index contributed by atoms with van der Waals surface area (Å²) in [5.74, 6) is 1.26. The third-order valence-electron chi connectivity index (χ3n) is 5.62.